The summed E-state index contributed by atoms with van der Waals surface area (Å²) in [6.45, 7) is 4.90. The summed E-state index contributed by atoms with van der Waals surface area (Å²) in [7, 11) is 2.13. The minimum atomic E-state index is -0.0517. The van der Waals surface area contributed by atoms with Crippen molar-refractivity contribution in [2.24, 2.45) is 7.05 Å². The highest BCUT2D eigenvalue weighted by Crippen LogP contribution is 2.38. The average molecular weight is 433 g/mol. The van der Waals surface area contributed by atoms with E-state index in [0.29, 0.717) is 0 Å². The third kappa shape index (κ3) is 3.64. The summed E-state index contributed by atoms with van der Waals surface area (Å²) in [5, 5.41) is 0. The van der Waals surface area contributed by atoms with Gasteiger partial charge in [0.05, 0.1) is 5.54 Å². The van der Waals surface area contributed by atoms with Crippen LogP contribution in [-0.4, -0.2) is 17.2 Å². The third-order valence-electron chi connectivity index (χ3n) is 7.46. The molecule has 33 heavy (non-hydrogen) atoms. The Balaban J connectivity index is 1.68. The molecular weight excluding hydrogens is 401 g/mol. The highest BCUT2D eigenvalue weighted by atomic mass is 15.2. The van der Waals surface area contributed by atoms with Gasteiger partial charge in [-0.05, 0) is 48.9 Å². The van der Waals surface area contributed by atoms with Gasteiger partial charge in [0.1, 0.15) is 7.05 Å². The lowest BCUT2D eigenvalue weighted by Gasteiger charge is -2.45. The molecule has 0 fully saturated rings. The molecule has 2 aliphatic heterocycles. The van der Waals surface area contributed by atoms with Crippen LogP contribution in [0.15, 0.2) is 103 Å². The van der Waals surface area contributed by atoms with Crippen LogP contribution < -0.4 is 14.7 Å². The first-order valence-corrected chi connectivity index (χ1v) is 12.1. The van der Waals surface area contributed by atoms with Crippen LogP contribution in [0.25, 0.3) is 17.5 Å². The standard InChI is InChI=1S/C29H32BN3/c1-4-29(5-2)25(22-24-14-6-7-15-26(24)27-16-8-11-19-31(27)3)23-32-20-12-9-17-28(32)30-18-10-13-21-33(29)30/h6-21,23H,4-5,22H2,1-3H3/q+2. The van der Waals surface area contributed by atoms with Crippen molar-refractivity contribution in [2.45, 2.75) is 38.6 Å². The van der Waals surface area contributed by atoms with Gasteiger partial charge in [-0.3, -0.25) is 0 Å². The van der Waals surface area contributed by atoms with Crippen LogP contribution in [0, 0.1) is 0 Å². The molecule has 0 bridgehead atoms. The molecule has 0 N–H and O–H groups in total. The van der Waals surface area contributed by atoms with Gasteiger partial charge >= 0.3 is 6.85 Å². The molecule has 4 heteroatoms. The Morgan fingerprint density at radius 1 is 0.879 bits per heavy atom. The van der Waals surface area contributed by atoms with E-state index in [1.54, 1.807) is 0 Å². The molecule has 0 aliphatic carbocycles. The summed E-state index contributed by atoms with van der Waals surface area (Å²) in [4.78, 5) is 2.60. The quantitative estimate of drug-likeness (QED) is 0.433. The summed E-state index contributed by atoms with van der Waals surface area (Å²) < 4.78 is 4.56. The second-order valence-corrected chi connectivity index (χ2v) is 9.04. The van der Waals surface area contributed by atoms with E-state index in [4.69, 9.17) is 0 Å². The van der Waals surface area contributed by atoms with Crippen molar-refractivity contribution in [1.82, 2.24) is 4.81 Å². The highest BCUT2D eigenvalue weighted by Gasteiger charge is 2.47. The molecule has 3 nitrogen and oxygen atoms in total. The predicted octanol–water partition coefficient (Wildman–Crippen LogP) is 4.24. The van der Waals surface area contributed by atoms with Crippen molar-refractivity contribution >= 4 is 18.6 Å². The first kappa shape index (κ1) is 21.5. The topological polar surface area (TPSA) is 11.0 Å². The zero-order valence-electron chi connectivity index (χ0n) is 19.9. The van der Waals surface area contributed by atoms with E-state index < -0.39 is 0 Å². The minimum absolute atomic E-state index is 0.0517. The SMILES string of the molecule is CCC1(CC)C(Cc2ccccc2-c2cccc[n+]2C)=C[n+]2ccccc2B2C=CC=CN21. The van der Waals surface area contributed by atoms with E-state index in [0.717, 1.165) is 19.3 Å². The van der Waals surface area contributed by atoms with Gasteiger partial charge in [0.15, 0.2) is 24.2 Å². The lowest BCUT2D eigenvalue weighted by molar-refractivity contribution is -0.660. The van der Waals surface area contributed by atoms with Gasteiger partial charge in [-0.2, -0.15) is 4.57 Å². The molecule has 0 spiro atoms. The second-order valence-electron chi connectivity index (χ2n) is 9.04. The second kappa shape index (κ2) is 8.86. The van der Waals surface area contributed by atoms with E-state index in [1.807, 2.05) is 0 Å². The summed E-state index contributed by atoms with van der Waals surface area (Å²) in [5.41, 5.74) is 6.62. The molecule has 2 aliphatic rings. The van der Waals surface area contributed by atoms with Crippen LogP contribution in [0.3, 0.4) is 0 Å². The van der Waals surface area contributed by atoms with Crippen molar-refractivity contribution in [3.8, 4) is 11.3 Å². The molecule has 0 radical (unpaired) electrons. The zero-order valence-corrected chi connectivity index (χ0v) is 19.9. The van der Waals surface area contributed by atoms with Crippen molar-refractivity contribution in [3.05, 3.63) is 109 Å². The van der Waals surface area contributed by atoms with E-state index in [-0.39, 0.29) is 12.4 Å². The molecule has 0 unspecified atom stereocenters. The number of hydrogen-bond acceptors (Lipinski definition) is 1. The number of pyridine rings is 2. The molecule has 1 aromatic carbocycles. The number of allylic oxidation sites excluding steroid dienone is 2. The Morgan fingerprint density at radius 3 is 2.45 bits per heavy atom. The fourth-order valence-corrected chi connectivity index (χ4v) is 5.65. The summed E-state index contributed by atoms with van der Waals surface area (Å²) in [6, 6.07) is 21.8. The molecule has 0 atom stereocenters. The highest BCUT2D eigenvalue weighted by molar-refractivity contribution is 6.74. The zero-order chi connectivity index (χ0) is 22.8. The normalized spacial score (nSPS) is 16.2. The lowest BCUT2D eigenvalue weighted by Crippen LogP contribution is -2.61. The Bertz CT molecular complexity index is 1250. The third-order valence-corrected chi connectivity index (χ3v) is 7.46. The van der Waals surface area contributed by atoms with Gasteiger partial charge in [0.25, 0.3) is 0 Å². The first-order valence-electron chi connectivity index (χ1n) is 12.1. The number of aromatic nitrogens is 2. The van der Waals surface area contributed by atoms with Crippen molar-refractivity contribution in [1.29, 1.82) is 0 Å². The van der Waals surface area contributed by atoms with Crippen LogP contribution in [0.4, 0.5) is 0 Å². The van der Waals surface area contributed by atoms with Gasteiger partial charge < -0.3 is 4.81 Å². The average Bonchev–Trinajstić information content (AvgIpc) is 2.97. The van der Waals surface area contributed by atoms with Gasteiger partial charge in [-0.25, -0.2) is 4.57 Å². The van der Waals surface area contributed by atoms with Crippen molar-refractivity contribution < 1.29 is 9.13 Å². The minimum Gasteiger partial charge on any atom is -0.399 e. The Labute approximate surface area is 198 Å². The maximum atomic E-state index is 2.60. The molecule has 2 aromatic heterocycles. The van der Waals surface area contributed by atoms with E-state index >= 15 is 0 Å². The lowest BCUT2D eigenvalue weighted by atomic mass is 9.53. The Morgan fingerprint density at radius 2 is 1.64 bits per heavy atom. The number of nitrogens with zero attached hydrogens (tertiary/aromatic N) is 3. The van der Waals surface area contributed by atoms with Gasteiger partial charge in [0, 0.05) is 35.8 Å². The van der Waals surface area contributed by atoms with Crippen molar-refractivity contribution in [2.75, 3.05) is 0 Å². The molecule has 0 saturated carbocycles. The number of benzene rings is 1. The van der Waals surface area contributed by atoms with E-state index in [9.17, 15) is 0 Å². The molecule has 3 aromatic rings. The van der Waals surface area contributed by atoms with Crippen LogP contribution >= 0.6 is 0 Å². The smallest absolute Gasteiger partial charge is 0.397 e. The predicted molar refractivity (Wildman–Crippen MR) is 136 cm³/mol. The van der Waals surface area contributed by atoms with Crippen LogP contribution in [0.5, 0.6) is 0 Å². The molecule has 5 rings (SSSR count). The van der Waals surface area contributed by atoms with E-state index in [1.165, 1.54) is 28.0 Å². The number of rotatable bonds is 5. The Kier molecular flexibility index (Phi) is 5.76. The van der Waals surface area contributed by atoms with E-state index in [2.05, 4.69) is 138 Å². The summed E-state index contributed by atoms with van der Waals surface area (Å²) >= 11 is 0. The number of aryl methyl sites for hydroxylation is 1. The van der Waals surface area contributed by atoms with Gasteiger partial charge in [-0.15, -0.1) is 0 Å². The number of fused-ring (bicyclic) bond motifs is 3. The fourth-order valence-electron chi connectivity index (χ4n) is 5.65. The maximum Gasteiger partial charge on any atom is 0.397 e. The summed E-state index contributed by atoms with van der Waals surface area (Å²) in [5.74, 6) is 2.33. The monoisotopic (exact) mass is 433 g/mol. The largest absolute Gasteiger partial charge is 0.399 e. The molecule has 0 amide bonds. The first-order chi connectivity index (χ1) is 16.2. The van der Waals surface area contributed by atoms with Crippen LogP contribution in [-0.2, 0) is 13.5 Å². The van der Waals surface area contributed by atoms with Crippen LogP contribution in [0.2, 0.25) is 0 Å². The van der Waals surface area contributed by atoms with Gasteiger partial charge in [0.2, 0.25) is 5.69 Å². The van der Waals surface area contributed by atoms with Gasteiger partial charge in [-0.1, -0.05) is 50.2 Å². The molecule has 0 saturated heterocycles. The fraction of sp³-hybridized carbons (Fsp3) is 0.241. The Hall–Kier alpha value is -3.40. The van der Waals surface area contributed by atoms with Crippen LogP contribution in [0.1, 0.15) is 32.3 Å². The van der Waals surface area contributed by atoms with Crippen molar-refractivity contribution in [3.63, 3.8) is 0 Å². The molecule has 4 heterocycles. The molecule has 164 valence electrons. The molecular formula is C29H32BN3+2. The maximum absolute atomic E-state index is 2.60. The number of hydrogen-bond donors (Lipinski definition) is 0. The summed E-state index contributed by atoms with van der Waals surface area (Å²) in [6.07, 6.45) is 16.4.